The van der Waals surface area contributed by atoms with E-state index in [2.05, 4.69) is 9.97 Å². The van der Waals surface area contributed by atoms with E-state index in [1.165, 1.54) is 11.8 Å². The van der Waals surface area contributed by atoms with Gasteiger partial charge in [0.2, 0.25) is 5.91 Å². The Kier molecular flexibility index (Phi) is 4.41. The van der Waals surface area contributed by atoms with Crippen molar-refractivity contribution in [2.75, 3.05) is 18.6 Å². The van der Waals surface area contributed by atoms with Gasteiger partial charge in [0, 0.05) is 44.3 Å². The van der Waals surface area contributed by atoms with Gasteiger partial charge in [-0.3, -0.25) is 4.79 Å². The van der Waals surface area contributed by atoms with E-state index in [9.17, 15) is 13.6 Å². The second-order valence-electron chi connectivity index (χ2n) is 6.78. The molecule has 0 saturated heterocycles. The first-order valence-corrected chi connectivity index (χ1v) is 8.86. The number of hydrogen-bond acceptors (Lipinski definition) is 4. The number of amides is 1. The van der Waals surface area contributed by atoms with E-state index in [0.29, 0.717) is 34.7 Å². The minimum Gasteiger partial charge on any atom is -0.493 e. The number of imidazole rings is 1. The summed E-state index contributed by atoms with van der Waals surface area (Å²) in [6.45, 7) is 3.54. The van der Waals surface area contributed by atoms with Crippen LogP contribution in [0.2, 0.25) is 0 Å². The van der Waals surface area contributed by atoms with Gasteiger partial charge in [0.1, 0.15) is 40.6 Å². The van der Waals surface area contributed by atoms with Gasteiger partial charge in [0.25, 0.3) is 0 Å². The standard InChI is InChI=1S/C20H19F2N3O3/c1-10-23-15-8-13(25(3)11(2)26)9-18(20(15)24-10)28-16-4-5-27-17-7-12(21)6-14(22)19(16)17/h6-9,16H,4-5H2,1-3H3,(H,23,24). The molecule has 6 nitrogen and oxygen atoms in total. The van der Waals surface area contributed by atoms with E-state index in [0.717, 1.165) is 12.1 Å². The van der Waals surface area contributed by atoms with Gasteiger partial charge in [-0.25, -0.2) is 13.8 Å². The third-order valence-corrected chi connectivity index (χ3v) is 4.80. The number of ether oxygens (including phenoxy) is 2. The van der Waals surface area contributed by atoms with E-state index >= 15 is 0 Å². The number of nitrogens with zero attached hydrogens (tertiary/aromatic N) is 2. The Morgan fingerprint density at radius 1 is 1.32 bits per heavy atom. The molecule has 4 rings (SSSR count). The van der Waals surface area contributed by atoms with Crippen molar-refractivity contribution in [2.24, 2.45) is 0 Å². The van der Waals surface area contributed by atoms with Crippen LogP contribution in [0.5, 0.6) is 11.5 Å². The molecule has 1 N–H and O–H groups in total. The van der Waals surface area contributed by atoms with Gasteiger partial charge in [-0.05, 0) is 13.0 Å². The monoisotopic (exact) mass is 387 g/mol. The molecule has 1 unspecified atom stereocenters. The number of carbonyl (C=O) groups excluding carboxylic acids is 1. The zero-order valence-corrected chi connectivity index (χ0v) is 15.7. The number of halogens is 2. The van der Waals surface area contributed by atoms with Crippen LogP contribution in [0.15, 0.2) is 24.3 Å². The lowest BCUT2D eigenvalue weighted by atomic mass is 10.0. The maximum Gasteiger partial charge on any atom is 0.223 e. The van der Waals surface area contributed by atoms with E-state index in [1.807, 2.05) is 6.92 Å². The van der Waals surface area contributed by atoms with Crippen LogP contribution in [0.25, 0.3) is 11.0 Å². The maximum atomic E-state index is 14.4. The molecular formula is C20H19F2N3O3. The van der Waals surface area contributed by atoms with Gasteiger partial charge in [-0.15, -0.1) is 0 Å². The number of anilines is 1. The summed E-state index contributed by atoms with van der Waals surface area (Å²) in [7, 11) is 1.66. The molecule has 1 atom stereocenters. The predicted octanol–water partition coefficient (Wildman–Crippen LogP) is 4.03. The Morgan fingerprint density at radius 2 is 2.11 bits per heavy atom. The average molecular weight is 387 g/mol. The summed E-state index contributed by atoms with van der Waals surface area (Å²) in [4.78, 5) is 20.8. The normalized spacial score (nSPS) is 15.8. The molecule has 0 saturated carbocycles. The summed E-state index contributed by atoms with van der Waals surface area (Å²) in [6.07, 6.45) is -0.268. The van der Waals surface area contributed by atoms with E-state index in [4.69, 9.17) is 9.47 Å². The van der Waals surface area contributed by atoms with E-state index in [-0.39, 0.29) is 23.8 Å². The average Bonchev–Trinajstić information content (AvgIpc) is 3.01. The number of rotatable bonds is 3. The molecule has 8 heteroatoms. The molecule has 1 aliphatic rings. The molecule has 0 radical (unpaired) electrons. The summed E-state index contributed by atoms with van der Waals surface area (Å²) in [5, 5.41) is 0. The van der Waals surface area contributed by atoms with Gasteiger partial charge < -0.3 is 19.4 Å². The zero-order valence-electron chi connectivity index (χ0n) is 15.7. The molecule has 1 amide bonds. The van der Waals surface area contributed by atoms with Gasteiger partial charge >= 0.3 is 0 Å². The Morgan fingerprint density at radius 3 is 2.86 bits per heavy atom. The zero-order chi connectivity index (χ0) is 20.0. The third kappa shape index (κ3) is 3.15. The number of aromatic nitrogens is 2. The summed E-state index contributed by atoms with van der Waals surface area (Å²) >= 11 is 0. The minimum atomic E-state index is -0.717. The third-order valence-electron chi connectivity index (χ3n) is 4.80. The van der Waals surface area contributed by atoms with Crippen LogP contribution in [0, 0.1) is 18.6 Å². The Balaban J connectivity index is 1.80. The molecule has 1 aliphatic heterocycles. The first kappa shape index (κ1) is 18.2. The van der Waals surface area contributed by atoms with Crippen LogP contribution >= 0.6 is 0 Å². The molecule has 0 fully saturated rings. The number of H-pyrrole nitrogens is 1. The van der Waals surface area contributed by atoms with E-state index < -0.39 is 17.7 Å². The molecular weight excluding hydrogens is 368 g/mol. The summed E-state index contributed by atoms with van der Waals surface area (Å²) in [5.41, 5.74) is 2.07. The molecule has 28 heavy (non-hydrogen) atoms. The predicted molar refractivity (Wildman–Crippen MR) is 99.8 cm³/mol. The first-order chi connectivity index (χ1) is 13.3. The summed E-state index contributed by atoms with van der Waals surface area (Å²) in [6, 6.07) is 5.47. The number of fused-ring (bicyclic) bond motifs is 2. The lowest BCUT2D eigenvalue weighted by molar-refractivity contribution is -0.116. The molecule has 146 valence electrons. The Bertz CT molecular complexity index is 1080. The van der Waals surface area contributed by atoms with Gasteiger partial charge in [-0.2, -0.15) is 0 Å². The quantitative estimate of drug-likeness (QED) is 0.737. The number of aryl methyl sites for hydroxylation is 1. The highest BCUT2D eigenvalue weighted by atomic mass is 19.1. The number of hydrogen-bond donors (Lipinski definition) is 1. The Labute approximate surface area is 160 Å². The van der Waals surface area contributed by atoms with Crippen molar-refractivity contribution in [3.63, 3.8) is 0 Å². The van der Waals surface area contributed by atoms with Gasteiger partial charge in [0.15, 0.2) is 0 Å². The smallest absolute Gasteiger partial charge is 0.223 e. The second kappa shape index (κ2) is 6.78. The molecule has 1 aromatic heterocycles. The first-order valence-electron chi connectivity index (χ1n) is 8.86. The molecule has 0 bridgehead atoms. The fraction of sp³-hybridized carbons (Fsp3) is 0.300. The fourth-order valence-electron chi connectivity index (χ4n) is 3.34. The minimum absolute atomic E-state index is 0.139. The van der Waals surface area contributed by atoms with E-state index in [1.54, 1.807) is 19.2 Å². The number of aromatic amines is 1. The van der Waals surface area contributed by atoms with Crippen molar-refractivity contribution in [2.45, 2.75) is 26.4 Å². The highest BCUT2D eigenvalue weighted by Gasteiger charge is 2.29. The Hall–Kier alpha value is -3.16. The number of benzene rings is 2. The van der Waals surface area contributed by atoms with Crippen molar-refractivity contribution in [3.8, 4) is 11.5 Å². The number of nitrogens with one attached hydrogen (secondary N) is 1. The maximum absolute atomic E-state index is 14.4. The van der Waals surface area contributed by atoms with Gasteiger partial charge in [-0.1, -0.05) is 0 Å². The van der Waals surface area contributed by atoms with Gasteiger partial charge in [0.05, 0.1) is 17.7 Å². The SMILES string of the molecule is CC(=O)N(C)c1cc(OC2CCOc3cc(F)cc(F)c32)c2nc(C)[nH]c2c1. The van der Waals surface area contributed by atoms with Crippen LogP contribution in [-0.4, -0.2) is 29.5 Å². The van der Waals surface area contributed by atoms with Crippen molar-refractivity contribution < 1.29 is 23.0 Å². The molecule has 0 spiro atoms. The fourth-order valence-corrected chi connectivity index (χ4v) is 3.34. The molecule has 0 aliphatic carbocycles. The molecule has 3 aromatic rings. The summed E-state index contributed by atoms with van der Waals surface area (Å²) < 4.78 is 39.5. The lowest BCUT2D eigenvalue weighted by Crippen LogP contribution is -2.23. The molecule has 2 aromatic carbocycles. The van der Waals surface area contributed by atoms with Crippen LogP contribution in [-0.2, 0) is 4.79 Å². The number of carbonyl (C=O) groups is 1. The van der Waals surface area contributed by atoms with Crippen molar-refractivity contribution in [3.05, 3.63) is 47.3 Å². The topological polar surface area (TPSA) is 67.5 Å². The van der Waals surface area contributed by atoms with Crippen molar-refractivity contribution in [1.29, 1.82) is 0 Å². The lowest BCUT2D eigenvalue weighted by Gasteiger charge is -2.27. The van der Waals surface area contributed by atoms with Crippen LogP contribution in [0.4, 0.5) is 14.5 Å². The highest BCUT2D eigenvalue weighted by molar-refractivity contribution is 5.95. The molecule has 2 heterocycles. The van der Waals surface area contributed by atoms with Crippen molar-refractivity contribution in [1.82, 2.24) is 9.97 Å². The highest BCUT2D eigenvalue weighted by Crippen LogP contribution is 2.40. The van der Waals surface area contributed by atoms with Crippen LogP contribution in [0.3, 0.4) is 0 Å². The largest absolute Gasteiger partial charge is 0.493 e. The van der Waals surface area contributed by atoms with Crippen LogP contribution < -0.4 is 14.4 Å². The summed E-state index contributed by atoms with van der Waals surface area (Å²) in [5.74, 6) is -0.326. The van der Waals surface area contributed by atoms with Crippen LogP contribution in [0.1, 0.15) is 30.8 Å². The second-order valence-corrected chi connectivity index (χ2v) is 6.78. The van der Waals surface area contributed by atoms with Crippen molar-refractivity contribution >= 4 is 22.6 Å².